The van der Waals surface area contributed by atoms with E-state index < -0.39 is 124 Å². The second kappa shape index (κ2) is 60.0. The van der Waals surface area contributed by atoms with Crippen molar-refractivity contribution in [3.8, 4) is 0 Å². The summed E-state index contributed by atoms with van der Waals surface area (Å²) in [5, 5.41) is 121. The summed E-state index contributed by atoms with van der Waals surface area (Å²) in [7, 11) is 0. The maximum absolute atomic E-state index is 13.4. The Kier molecular flexibility index (Phi) is 53.9. The van der Waals surface area contributed by atoms with E-state index in [2.05, 4.69) is 153 Å². The van der Waals surface area contributed by atoms with Crippen molar-refractivity contribution in [1.29, 1.82) is 0 Å². The second-order valence-corrected chi connectivity index (χ2v) is 26.4. The predicted octanol–water partition coefficient (Wildman–Crippen LogP) is 11.9. The average Bonchev–Trinajstić information content (AvgIpc) is 0.784. The van der Waals surface area contributed by atoms with Crippen LogP contribution in [0.4, 0.5) is 0 Å². The Morgan fingerprint density at radius 3 is 1.08 bits per heavy atom. The fourth-order valence-electron chi connectivity index (χ4n) is 11.8. The molecule has 3 aliphatic heterocycles. The first-order chi connectivity index (χ1) is 48.8. The van der Waals surface area contributed by atoms with E-state index in [9.17, 15) is 61.0 Å². The van der Waals surface area contributed by atoms with Crippen LogP contribution >= 0.6 is 0 Å². The van der Waals surface area contributed by atoms with Crippen molar-refractivity contribution in [3.63, 3.8) is 0 Å². The summed E-state index contributed by atoms with van der Waals surface area (Å²) in [4.78, 5) is 13.4. The molecule has 100 heavy (non-hydrogen) atoms. The number of rotatable bonds is 57. The van der Waals surface area contributed by atoms with Gasteiger partial charge in [0.15, 0.2) is 18.9 Å². The second-order valence-electron chi connectivity index (χ2n) is 26.4. The monoisotopic (exact) mass is 1410 g/mol. The molecule has 19 heteroatoms. The minimum absolute atomic E-state index is 0.211. The van der Waals surface area contributed by atoms with Crippen molar-refractivity contribution >= 4 is 5.91 Å². The minimum Gasteiger partial charge on any atom is -0.394 e. The molecule has 0 saturated carbocycles. The van der Waals surface area contributed by atoms with Gasteiger partial charge in [-0.15, -0.1) is 0 Å². The maximum Gasteiger partial charge on any atom is 0.220 e. The van der Waals surface area contributed by atoms with Crippen LogP contribution in [0.3, 0.4) is 0 Å². The van der Waals surface area contributed by atoms with Crippen molar-refractivity contribution in [1.82, 2.24) is 5.32 Å². The summed E-state index contributed by atoms with van der Waals surface area (Å²) in [6.45, 7) is 1.59. The standard InChI is InChI=1S/C81H133NO18/c1-3-5-7-9-11-13-15-17-19-21-22-23-24-25-26-27-28-29-30-31-32-33-34-35-36-37-38-39-40-41-42-43-45-47-49-51-53-55-57-59-69(87)82-64(65(86)58-56-54-52-50-48-46-44-20-18-16-14-12-10-8-6-4-2)63-95-79-75(93)72(90)77(67(61-84)97-79)100-81-76(94)73(91)78(68(62-85)98-81)99-80-74(92)71(89)70(88)66(60-83)96-80/h5,7,11,13,17,19,22-23,25-26,28-29,31-32,34-35,37-38,40-41,43,45,56,58,64-68,70-81,83-86,88-94H,3-4,6,8-10,12,14-16,18,20-21,24,27,30,33,36,39,42,44,46-55,57,59-63H2,1-2H3,(H,82,87)/b7-5-,13-11-,19-17-,23-22-,26-25-,29-28-,32-31-,35-34-,38-37-,41-40-,45-43-,58-56+. The molecule has 0 aromatic rings. The molecule has 0 aliphatic carbocycles. The van der Waals surface area contributed by atoms with Gasteiger partial charge in [-0.1, -0.05) is 262 Å². The van der Waals surface area contributed by atoms with Crippen molar-refractivity contribution in [2.45, 2.75) is 330 Å². The van der Waals surface area contributed by atoms with Gasteiger partial charge in [0.05, 0.1) is 38.6 Å². The molecule has 1 amide bonds. The molecule has 17 atom stereocenters. The number of ether oxygens (including phenoxy) is 6. The van der Waals surface area contributed by atoms with Gasteiger partial charge in [0.1, 0.15) is 73.2 Å². The van der Waals surface area contributed by atoms with Crippen LogP contribution in [0.25, 0.3) is 0 Å². The van der Waals surface area contributed by atoms with Crippen LogP contribution in [0.2, 0.25) is 0 Å². The third-order valence-corrected chi connectivity index (χ3v) is 17.9. The third-order valence-electron chi connectivity index (χ3n) is 17.9. The highest BCUT2D eigenvalue weighted by Gasteiger charge is 2.53. The summed E-state index contributed by atoms with van der Waals surface area (Å²) >= 11 is 0. The van der Waals surface area contributed by atoms with Crippen molar-refractivity contribution in [3.05, 3.63) is 146 Å². The van der Waals surface area contributed by atoms with Crippen LogP contribution < -0.4 is 5.32 Å². The molecule has 12 N–H and O–H groups in total. The predicted molar refractivity (Wildman–Crippen MR) is 396 cm³/mol. The Bertz CT molecular complexity index is 2380. The quantitative estimate of drug-likeness (QED) is 0.0199. The highest BCUT2D eigenvalue weighted by molar-refractivity contribution is 5.76. The van der Waals surface area contributed by atoms with Crippen LogP contribution in [-0.4, -0.2) is 193 Å². The molecular weight excluding hydrogens is 1270 g/mol. The van der Waals surface area contributed by atoms with Gasteiger partial charge in [-0.05, 0) is 103 Å². The molecule has 3 heterocycles. The van der Waals surface area contributed by atoms with Crippen LogP contribution in [0, 0.1) is 0 Å². The van der Waals surface area contributed by atoms with Gasteiger partial charge in [-0.25, -0.2) is 0 Å². The molecule has 0 radical (unpaired) electrons. The smallest absolute Gasteiger partial charge is 0.220 e. The Morgan fingerprint density at radius 1 is 0.370 bits per heavy atom. The third kappa shape index (κ3) is 40.1. The number of nitrogens with one attached hydrogen (secondary N) is 1. The lowest BCUT2D eigenvalue weighted by molar-refractivity contribution is -0.379. The number of aliphatic hydroxyl groups is 11. The molecule has 3 fully saturated rings. The van der Waals surface area contributed by atoms with Crippen molar-refractivity contribution in [2.24, 2.45) is 0 Å². The lowest BCUT2D eigenvalue weighted by Gasteiger charge is -2.48. The highest BCUT2D eigenvalue weighted by atomic mass is 16.8. The Balaban J connectivity index is 1.37. The minimum atomic E-state index is -1.99. The molecule has 19 nitrogen and oxygen atoms in total. The van der Waals surface area contributed by atoms with Gasteiger partial charge < -0.3 is 89.9 Å². The summed E-state index contributed by atoms with van der Waals surface area (Å²) in [5.41, 5.74) is 0. The normalized spacial score (nSPS) is 27.3. The zero-order valence-electron chi connectivity index (χ0n) is 60.6. The van der Waals surface area contributed by atoms with E-state index in [1.54, 1.807) is 6.08 Å². The Hall–Kier alpha value is -4.33. The van der Waals surface area contributed by atoms with Crippen LogP contribution in [-0.2, 0) is 33.2 Å². The van der Waals surface area contributed by atoms with Gasteiger partial charge in [-0.2, -0.15) is 0 Å². The van der Waals surface area contributed by atoms with E-state index in [0.29, 0.717) is 6.42 Å². The molecule has 3 saturated heterocycles. The summed E-state index contributed by atoms with van der Waals surface area (Å²) < 4.78 is 34.4. The largest absolute Gasteiger partial charge is 0.394 e. The van der Waals surface area contributed by atoms with Gasteiger partial charge in [0.2, 0.25) is 5.91 Å². The number of hydrogen-bond acceptors (Lipinski definition) is 18. The molecule has 0 aromatic carbocycles. The van der Waals surface area contributed by atoms with Gasteiger partial charge in [-0.3, -0.25) is 4.79 Å². The van der Waals surface area contributed by atoms with E-state index >= 15 is 0 Å². The fraction of sp³-hybridized carbons (Fsp3) is 0.691. The van der Waals surface area contributed by atoms with Crippen LogP contribution in [0.5, 0.6) is 0 Å². The lowest BCUT2D eigenvalue weighted by atomic mass is 9.96. The number of aliphatic hydroxyl groups excluding tert-OH is 11. The number of carbonyl (C=O) groups is 1. The number of allylic oxidation sites excluding steroid dienone is 23. The van der Waals surface area contributed by atoms with Gasteiger partial charge in [0, 0.05) is 6.42 Å². The van der Waals surface area contributed by atoms with Crippen molar-refractivity contribution in [2.75, 3.05) is 26.4 Å². The molecule has 570 valence electrons. The zero-order chi connectivity index (χ0) is 72.5. The zero-order valence-corrected chi connectivity index (χ0v) is 60.6. The lowest BCUT2D eigenvalue weighted by Crippen LogP contribution is -2.66. The first kappa shape index (κ1) is 89.9. The molecule has 3 aliphatic rings. The molecule has 0 bridgehead atoms. The van der Waals surface area contributed by atoms with Crippen LogP contribution in [0.15, 0.2) is 146 Å². The van der Waals surface area contributed by atoms with E-state index in [-0.39, 0.29) is 18.9 Å². The average molecular weight is 1410 g/mol. The molecule has 0 spiro atoms. The first-order valence-corrected chi connectivity index (χ1v) is 38.1. The molecular formula is C81H133NO18. The number of amides is 1. The summed E-state index contributed by atoms with van der Waals surface area (Å²) in [6.07, 6.45) is 59.6. The fourth-order valence-corrected chi connectivity index (χ4v) is 11.8. The highest BCUT2D eigenvalue weighted by Crippen LogP contribution is 2.33. The SMILES string of the molecule is CC/C=C\C/C=C\C/C=C\C/C=C\C/C=C\C/C=C\C/C=C\C/C=C\C/C=C\C/C=C\C/C=C\CCCCCCCC(=O)NC(COC1OC(CO)C(OC2OC(CO)C(OC3OC(CO)C(O)C(O)C3O)C(O)C2O)C(O)C1O)C(O)/C=C/CCCCCCCCCCCCCCCC. The topological polar surface area (TPSA) is 307 Å². The van der Waals surface area contributed by atoms with Crippen molar-refractivity contribution < 1.29 is 89.4 Å². The molecule has 0 aromatic heterocycles. The van der Waals surface area contributed by atoms with E-state index in [1.165, 1.54) is 70.6 Å². The van der Waals surface area contributed by atoms with Crippen LogP contribution in [0.1, 0.15) is 226 Å². The first-order valence-electron chi connectivity index (χ1n) is 38.1. The van der Waals surface area contributed by atoms with E-state index in [1.807, 2.05) is 6.08 Å². The molecule has 3 rings (SSSR count). The number of carbonyl (C=O) groups excluding carboxylic acids is 1. The van der Waals surface area contributed by atoms with Gasteiger partial charge in [0.25, 0.3) is 0 Å². The maximum atomic E-state index is 13.4. The Morgan fingerprint density at radius 2 is 0.690 bits per heavy atom. The summed E-state index contributed by atoms with van der Waals surface area (Å²) in [5.74, 6) is -0.300. The summed E-state index contributed by atoms with van der Waals surface area (Å²) in [6, 6.07) is -0.995. The van der Waals surface area contributed by atoms with Gasteiger partial charge >= 0.3 is 0 Å². The number of unbranched alkanes of at least 4 members (excludes halogenated alkanes) is 19. The molecule has 17 unspecified atom stereocenters. The van der Waals surface area contributed by atoms with E-state index in [0.717, 1.165) is 128 Å². The van der Waals surface area contributed by atoms with E-state index in [4.69, 9.17) is 28.4 Å². The Labute approximate surface area is 600 Å². The number of hydrogen-bond donors (Lipinski definition) is 12.